The van der Waals surface area contributed by atoms with Crippen molar-refractivity contribution in [2.75, 3.05) is 62.4 Å². The van der Waals surface area contributed by atoms with Gasteiger partial charge in [-0.05, 0) is 6.07 Å². The number of hydrogen-bond donors (Lipinski definition) is 2. The molecule has 2 aromatic rings. The third-order valence-corrected chi connectivity index (χ3v) is 5.76. The highest BCUT2D eigenvalue weighted by atomic mass is 16.6. The molecule has 4 heterocycles. The Kier molecular flexibility index (Phi) is 4.87. The van der Waals surface area contributed by atoms with Crippen molar-refractivity contribution < 1.29 is 19.1 Å². The Labute approximate surface area is 175 Å². The summed E-state index contributed by atoms with van der Waals surface area (Å²) >= 11 is 0. The first-order chi connectivity index (χ1) is 15.0. The molecule has 0 atom stereocenters. The van der Waals surface area contributed by atoms with E-state index in [9.17, 15) is 19.7 Å². The first kappa shape index (κ1) is 19.6. The van der Waals surface area contributed by atoms with Gasteiger partial charge in [-0.3, -0.25) is 24.9 Å². The Morgan fingerprint density at radius 2 is 1.52 bits per heavy atom. The Morgan fingerprint density at radius 3 is 2.13 bits per heavy atom. The number of anilines is 2. The molecule has 2 fully saturated rings. The maximum absolute atomic E-state index is 12.4. The van der Waals surface area contributed by atoms with Gasteiger partial charge in [-0.15, -0.1) is 0 Å². The standard InChI is InChI=1S/C19H21N5O7/c25-17-12-9-11-13(22-1-5-29-6-2-22)10-14(23-3-7-30-8-4-23)15(24(27)28)16(11)31-18(12)21-19(26)20-17/h10H,1-9H2,(H2,20,21,25,26). The Morgan fingerprint density at radius 1 is 0.903 bits per heavy atom. The fourth-order valence-electron chi connectivity index (χ4n) is 4.27. The van der Waals surface area contributed by atoms with Crippen molar-refractivity contribution in [2.24, 2.45) is 0 Å². The molecule has 2 saturated heterocycles. The predicted octanol–water partition coefficient (Wildman–Crippen LogP) is 0.341. The van der Waals surface area contributed by atoms with Gasteiger partial charge in [0.15, 0.2) is 0 Å². The third-order valence-electron chi connectivity index (χ3n) is 5.76. The highest BCUT2D eigenvalue weighted by Crippen LogP contribution is 2.50. The third kappa shape index (κ3) is 3.43. The lowest BCUT2D eigenvalue weighted by molar-refractivity contribution is -0.385. The van der Waals surface area contributed by atoms with E-state index in [0.717, 1.165) is 5.69 Å². The Hall–Kier alpha value is -3.38. The summed E-state index contributed by atoms with van der Waals surface area (Å²) in [6.07, 6.45) is 0.105. The van der Waals surface area contributed by atoms with Crippen molar-refractivity contribution in [1.82, 2.24) is 9.97 Å². The molecule has 1 aromatic carbocycles. The summed E-state index contributed by atoms with van der Waals surface area (Å²) in [6, 6.07) is 1.81. The molecule has 0 amide bonds. The van der Waals surface area contributed by atoms with Crippen molar-refractivity contribution in [3.63, 3.8) is 0 Å². The molecule has 12 heteroatoms. The van der Waals surface area contributed by atoms with Crippen molar-refractivity contribution in [1.29, 1.82) is 0 Å². The van der Waals surface area contributed by atoms with Gasteiger partial charge in [-0.2, -0.15) is 0 Å². The fourth-order valence-corrected chi connectivity index (χ4v) is 4.27. The summed E-state index contributed by atoms with van der Waals surface area (Å²) in [5.41, 5.74) is 0.502. The number of fused-ring (bicyclic) bond motifs is 2. The molecule has 0 unspecified atom stereocenters. The first-order valence-electron chi connectivity index (χ1n) is 10.1. The molecule has 0 aliphatic carbocycles. The molecule has 3 aliphatic heterocycles. The van der Waals surface area contributed by atoms with E-state index < -0.39 is 16.2 Å². The maximum atomic E-state index is 12.4. The van der Waals surface area contributed by atoms with Gasteiger partial charge < -0.3 is 24.0 Å². The van der Waals surface area contributed by atoms with Crippen LogP contribution < -0.4 is 25.8 Å². The SMILES string of the molecule is O=c1[nH]c2c(c(=O)[nH]1)Cc1c(N3CCOCC3)cc(N3CCOCC3)c([N+](=O)[O-])c1O2. The lowest BCUT2D eigenvalue weighted by Gasteiger charge is -2.35. The number of rotatable bonds is 3. The monoisotopic (exact) mass is 431 g/mol. The normalized spacial score (nSPS) is 18.2. The Balaban J connectivity index is 1.73. The van der Waals surface area contributed by atoms with Crippen molar-refractivity contribution in [3.05, 3.63) is 48.1 Å². The lowest BCUT2D eigenvalue weighted by atomic mass is 9.97. The topological polar surface area (TPSA) is 143 Å². The smallest absolute Gasteiger partial charge is 0.335 e. The number of ether oxygens (including phenoxy) is 3. The molecule has 0 bridgehead atoms. The van der Waals surface area contributed by atoms with Gasteiger partial charge in [0.25, 0.3) is 5.56 Å². The zero-order valence-corrected chi connectivity index (χ0v) is 16.6. The number of aromatic amines is 2. The minimum absolute atomic E-state index is 0.0589. The number of nitro benzene ring substituents is 1. The highest BCUT2D eigenvalue weighted by molar-refractivity contribution is 5.82. The van der Waals surface area contributed by atoms with Gasteiger partial charge in [0.05, 0.1) is 36.9 Å². The van der Waals surface area contributed by atoms with Gasteiger partial charge in [0, 0.05) is 43.9 Å². The summed E-state index contributed by atoms with van der Waals surface area (Å²) in [5.74, 6) is 0.000591. The average molecular weight is 431 g/mol. The molecule has 1 aromatic heterocycles. The van der Waals surface area contributed by atoms with Crippen LogP contribution in [0.4, 0.5) is 17.1 Å². The van der Waals surface area contributed by atoms with E-state index in [2.05, 4.69) is 14.9 Å². The van der Waals surface area contributed by atoms with E-state index in [1.165, 1.54) is 0 Å². The molecule has 164 valence electrons. The van der Waals surface area contributed by atoms with Crippen LogP contribution >= 0.6 is 0 Å². The van der Waals surface area contributed by atoms with E-state index in [1.54, 1.807) is 0 Å². The zero-order valence-electron chi connectivity index (χ0n) is 16.6. The minimum Gasteiger partial charge on any atom is -0.433 e. The number of morpholine rings is 2. The minimum atomic E-state index is -0.729. The highest BCUT2D eigenvalue weighted by Gasteiger charge is 2.37. The number of aromatic nitrogens is 2. The van der Waals surface area contributed by atoms with E-state index in [0.29, 0.717) is 63.9 Å². The van der Waals surface area contributed by atoms with Gasteiger partial charge in [0.1, 0.15) is 5.69 Å². The fraction of sp³-hybridized carbons (Fsp3) is 0.474. The second kappa shape index (κ2) is 7.71. The number of H-pyrrole nitrogens is 2. The van der Waals surface area contributed by atoms with Crippen LogP contribution in [0.2, 0.25) is 0 Å². The predicted molar refractivity (Wildman–Crippen MR) is 110 cm³/mol. The van der Waals surface area contributed by atoms with Crippen molar-refractivity contribution >= 4 is 17.1 Å². The summed E-state index contributed by atoms with van der Waals surface area (Å²) in [5, 5.41) is 12.2. The molecule has 5 rings (SSSR count). The number of nitrogens with zero attached hydrogens (tertiary/aromatic N) is 3. The number of hydrogen-bond acceptors (Lipinski definition) is 9. The maximum Gasteiger partial charge on any atom is 0.335 e. The van der Waals surface area contributed by atoms with Crippen LogP contribution in [-0.2, 0) is 15.9 Å². The number of nitrogens with one attached hydrogen (secondary N) is 2. The second-order valence-electron chi connectivity index (χ2n) is 7.52. The van der Waals surface area contributed by atoms with E-state index in [1.807, 2.05) is 11.0 Å². The largest absolute Gasteiger partial charge is 0.433 e. The summed E-state index contributed by atoms with van der Waals surface area (Å²) < 4.78 is 16.7. The molecule has 12 nitrogen and oxygen atoms in total. The summed E-state index contributed by atoms with van der Waals surface area (Å²) in [7, 11) is 0. The molecule has 0 saturated carbocycles. The van der Waals surface area contributed by atoms with E-state index in [-0.39, 0.29) is 29.3 Å². The van der Waals surface area contributed by atoms with Crippen LogP contribution in [-0.4, -0.2) is 67.5 Å². The van der Waals surface area contributed by atoms with Crippen LogP contribution in [0.5, 0.6) is 11.6 Å². The van der Waals surface area contributed by atoms with E-state index in [4.69, 9.17) is 14.2 Å². The van der Waals surface area contributed by atoms with Crippen LogP contribution in [0.3, 0.4) is 0 Å². The van der Waals surface area contributed by atoms with Crippen LogP contribution in [0.1, 0.15) is 11.1 Å². The van der Waals surface area contributed by atoms with Gasteiger partial charge >= 0.3 is 11.4 Å². The van der Waals surface area contributed by atoms with Crippen molar-refractivity contribution in [2.45, 2.75) is 6.42 Å². The zero-order chi connectivity index (χ0) is 21.5. The van der Waals surface area contributed by atoms with Gasteiger partial charge in [-0.25, -0.2) is 4.79 Å². The number of nitro groups is 1. The van der Waals surface area contributed by atoms with Crippen molar-refractivity contribution in [3.8, 4) is 11.6 Å². The van der Waals surface area contributed by atoms with Crippen LogP contribution in [0, 0.1) is 10.1 Å². The van der Waals surface area contributed by atoms with E-state index >= 15 is 0 Å². The molecule has 2 N–H and O–H groups in total. The molecular weight excluding hydrogens is 410 g/mol. The Bertz CT molecular complexity index is 1150. The van der Waals surface area contributed by atoms with Gasteiger partial charge in [0.2, 0.25) is 11.6 Å². The summed E-state index contributed by atoms with van der Waals surface area (Å²) in [6.45, 7) is 4.24. The molecule has 31 heavy (non-hydrogen) atoms. The van der Waals surface area contributed by atoms with Crippen LogP contribution in [0.25, 0.3) is 0 Å². The molecular formula is C19H21N5O7. The van der Waals surface area contributed by atoms with Crippen LogP contribution in [0.15, 0.2) is 15.7 Å². The first-order valence-corrected chi connectivity index (χ1v) is 10.1. The quantitative estimate of drug-likeness (QED) is 0.443. The molecule has 3 aliphatic rings. The summed E-state index contributed by atoms with van der Waals surface area (Å²) in [4.78, 5) is 44.5. The molecule has 0 spiro atoms. The lowest BCUT2D eigenvalue weighted by Crippen LogP contribution is -2.39. The molecule has 0 radical (unpaired) electrons. The van der Waals surface area contributed by atoms with Gasteiger partial charge in [-0.1, -0.05) is 0 Å². The number of benzene rings is 1. The average Bonchev–Trinajstić information content (AvgIpc) is 2.78. The second-order valence-corrected chi connectivity index (χ2v) is 7.52.